The molecule has 2 heterocycles. The van der Waals surface area contributed by atoms with Crippen LogP contribution in [0.25, 0.3) is 10.8 Å². The van der Waals surface area contributed by atoms with Gasteiger partial charge < -0.3 is 14.2 Å². The molecule has 0 atom stereocenters. The van der Waals surface area contributed by atoms with Crippen molar-refractivity contribution in [1.29, 1.82) is 0 Å². The zero-order valence-corrected chi connectivity index (χ0v) is 18.2. The van der Waals surface area contributed by atoms with Gasteiger partial charge in [0.15, 0.2) is 12.5 Å². The first-order chi connectivity index (χ1) is 16.1. The quantitative estimate of drug-likeness (QED) is 0.411. The first kappa shape index (κ1) is 21.2. The van der Waals surface area contributed by atoms with Gasteiger partial charge in [-0.2, -0.15) is 5.10 Å². The number of carbonyl (C=O) groups excluding carboxylic acids is 1. The lowest BCUT2D eigenvalue weighted by molar-refractivity contribution is -0.0180. The third-order valence-electron chi connectivity index (χ3n) is 5.35. The van der Waals surface area contributed by atoms with Gasteiger partial charge in [-0.1, -0.05) is 60.1 Å². The summed E-state index contributed by atoms with van der Waals surface area (Å²) in [7, 11) is 0. The van der Waals surface area contributed by atoms with Gasteiger partial charge in [0.2, 0.25) is 0 Å². The summed E-state index contributed by atoms with van der Waals surface area (Å²) in [5, 5.41) is 5.70. The molecule has 1 aliphatic heterocycles. The molecule has 0 radical (unpaired) electrons. The van der Waals surface area contributed by atoms with Crippen LogP contribution in [0.15, 0.2) is 71.5 Å². The third kappa shape index (κ3) is 4.33. The Bertz CT molecular complexity index is 1400. The molecule has 0 fully saturated rings. The number of aromatic nitrogens is 2. The van der Waals surface area contributed by atoms with Crippen molar-refractivity contribution in [1.82, 2.24) is 9.78 Å². The van der Waals surface area contributed by atoms with E-state index < -0.39 is 5.97 Å². The van der Waals surface area contributed by atoms with Crippen molar-refractivity contribution in [3.8, 4) is 5.75 Å². The molecule has 0 unspecified atom stereocenters. The van der Waals surface area contributed by atoms with E-state index in [0.29, 0.717) is 33.7 Å². The number of nitrogens with zero attached hydrogens (tertiary/aromatic N) is 2. The highest BCUT2D eigenvalue weighted by molar-refractivity contribution is 6.30. The number of hydrogen-bond donors (Lipinski definition) is 0. The number of ether oxygens (including phenoxy) is 3. The highest BCUT2D eigenvalue weighted by atomic mass is 35.5. The number of rotatable bonds is 5. The van der Waals surface area contributed by atoms with Gasteiger partial charge in [0, 0.05) is 21.5 Å². The zero-order valence-electron chi connectivity index (χ0n) is 17.5. The summed E-state index contributed by atoms with van der Waals surface area (Å²) in [6, 6.07) is 19.8. The lowest BCUT2D eigenvalue weighted by Gasteiger charge is -2.21. The molecule has 1 aliphatic rings. The number of fused-ring (bicyclic) bond motifs is 2. The Balaban J connectivity index is 1.48. The van der Waals surface area contributed by atoms with E-state index in [2.05, 4.69) is 5.10 Å². The molecule has 3 aromatic carbocycles. The average Bonchev–Trinajstić information content (AvgIpc) is 2.84. The number of benzene rings is 3. The number of halogens is 1. The van der Waals surface area contributed by atoms with Gasteiger partial charge in [-0.25, -0.2) is 9.48 Å². The highest BCUT2D eigenvalue weighted by Gasteiger charge is 2.21. The van der Waals surface area contributed by atoms with E-state index in [0.717, 1.165) is 11.1 Å². The topological polar surface area (TPSA) is 79.7 Å². The molecule has 5 rings (SSSR count). The maximum absolute atomic E-state index is 13.1. The molecule has 0 spiro atoms. The van der Waals surface area contributed by atoms with Crippen LogP contribution in [0.5, 0.6) is 5.75 Å². The van der Waals surface area contributed by atoms with E-state index in [-0.39, 0.29) is 31.2 Å². The maximum atomic E-state index is 13.1. The van der Waals surface area contributed by atoms with Crippen molar-refractivity contribution >= 4 is 28.3 Å². The molecule has 4 aromatic rings. The molecule has 33 heavy (non-hydrogen) atoms. The van der Waals surface area contributed by atoms with Gasteiger partial charge in [0.05, 0.1) is 18.5 Å². The van der Waals surface area contributed by atoms with Crippen LogP contribution >= 0.6 is 11.6 Å². The Kier molecular flexibility index (Phi) is 5.81. The second-order valence-electron chi connectivity index (χ2n) is 7.58. The minimum absolute atomic E-state index is 0.0600. The summed E-state index contributed by atoms with van der Waals surface area (Å²) >= 11 is 6.21. The van der Waals surface area contributed by atoms with Crippen molar-refractivity contribution in [3.05, 3.63) is 104 Å². The Hall–Kier alpha value is -3.68. The summed E-state index contributed by atoms with van der Waals surface area (Å²) in [5.41, 5.74) is 2.12. The fraction of sp³-hybridized carbons (Fsp3) is 0.160. The van der Waals surface area contributed by atoms with Gasteiger partial charge in [0.25, 0.3) is 5.56 Å². The van der Waals surface area contributed by atoms with Crippen molar-refractivity contribution < 1.29 is 19.0 Å². The van der Waals surface area contributed by atoms with E-state index in [4.69, 9.17) is 25.8 Å². The Labute approximate surface area is 194 Å². The molecule has 0 saturated carbocycles. The van der Waals surface area contributed by atoms with Crippen LogP contribution in [0.2, 0.25) is 5.02 Å². The molecule has 0 amide bonds. The lowest BCUT2D eigenvalue weighted by Crippen LogP contribution is -2.27. The summed E-state index contributed by atoms with van der Waals surface area (Å²) in [6.07, 6.45) is 0. The molecular formula is C25H19ClN2O5. The number of esters is 1. The SMILES string of the molecule is O=C(OCc1cc(Cl)cc2c1OCOC2)c1nn(Cc2ccccc2)c(=O)c2ccccc12. The van der Waals surface area contributed by atoms with Crippen LogP contribution in [0.3, 0.4) is 0 Å². The molecule has 7 nitrogen and oxygen atoms in total. The van der Waals surface area contributed by atoms with Crippen LogP contribution < -0.4 is 10.3 Å². The van der Waals surface area contributed by atoms with E-state index in [1.807, 2.05) is 30.3 Å². The summed E-state index contributed by atoms with van der Waals surface area (Å²) in [4.78, 5) is 26.1. The van der Waals surface area contributed by atoms with Crippen molar-refractivity contribution in [2.75, 3.05) is 6.79 Å². The molecule has 0 bridgehead atoms. The average molecular weight is 463 g/mol. The fourth-order valence-electron chi connectivity index (χ4n) is 3.83. The smallest absolute Gasteiger partial charge is 0.359 e. The number of hydrogen-bond acceptors (Lipinski definition) is 6. The maximum Gasteiger partial charge on any atom is 0.359 e. The molecule has 0 N–H and O–H groups in total. The Morgan fingerprint density at radius 3 is 2.64 bits per heavy atom. The third-order valence-corrected chi connectivity index (χ3v) is 5.56. The second kappa shape index (κ2) is 9.05. The minimum Gasteiger partial charge on any atom is -0.467 e. The first-order valence-electron chi connectivity index (χ1n) is 10.3. The zero-order chi connectivity index (χ0) is 22.8. The first-order valence-corrected chi connectivity index (χ1v) is 10.7. The Morgan fingerprint density at radius 2 is 1.82 bits per heavy atom. The van der Waals surface area contributed by atoms with Gasteiger partial charge in [-0.05, 0) is 23.8 Å². The van der Waals surface area contributed by atoms with Crippen molar-refractivity contribution in [3.63, 3.8) is 0 Å². The van der Waals surface area contributed by atoms with E-state index in [1.165, 1.54) is 4.68 Å². The predicted octanol–water partition coefficient (Wildman–Crippen LogP) is 4.32. The number of carbonyl (C=O) groups is 1. The van der Waals surface area contributed by atoms with Gasteiger partial charge in [-0.15, -0.1) is 0 Å². The monoisotopic (exact) mass is 462 g/mol. The van der Waals surface area contributed by atoms with E-state index in [9.17, 15) is 9.59 Å². The van der Waals surface area contributed by atoms with Crippen LogP contribution in [-0.4, -0.2) is 22.5 Å². The van der Waals surface area contributed by atoms with Crippen LogP contribution in [-0.2, 0) is 29.2 Å². The van der Waals surface area contributed by atoms with E-state index in [1.54, 1.807) is 36.4 Å². The van der Waals surface area contributed by atoms with Crippen molar-refractivity contribution in [2.24, 2.45) is 0 Å². The normalized spacial score (nSPS) is 12.8. The molecule has 0 aliphatic carbocycles. The lowest BCUT2D eigenvalue weighted by atomic mass is 10.1. The van der Waals surface area contributed by atoms with Crippen LogP contribution in [0, 0.1) is 0 Å². The van der Waals surface area contributed by atoms with E-state index >= 15 is 0 Å². The molecule has 0 saturated heterocycles. The van der Waals surface area contributed by atoms with Gasteiger partial charge in [-0.3, -0.25) is 4.79 Å². The molecule has 8 heteroatoms. The summed E-state index contributed by atoms with van der Waals surface area (Å²) in [5.74, 6) is -0.0425. The molecule has 1 aromatic heterocycles. The van der Waals surface area contributed by atoms with Crippen LogP contribution in [0.1, 0.15) is 27.2 Å². The Morgan fingerprint density at radius 1 is 1.06 bits per heavy atom. The van der Waals surface area contributed by atoms with Gasteiger partial charge >= 0.3 is 5.97 Å². The van der Waals surface area contributed by atoms with Gasteiger partial charge in [0.1, 0.15) is 12.4 Å². The summed E-state index contributed by atoms with van der Waals surface area (Å²) < 4.78 is 17.8. The van der Waals surface area contributed by atoms with Crippen molar-refractivity contribution in [2.45, 2.75) is 19.8 Å². The molecular weight excluding hydrogens is 444 g/mol. The highest BCUT2D eigenvalue weighted by Crippen LogP contribution is 2.32. The predicted molar refractivity (Wildman–Crippen MR) is 122 cm³/mol. The largest absolute Gasteiger partial charge is 0.467 e. The standard InChI is InChI=1S/C25H19ClN2O5/c26-19-10-17-13-31-15-33-23(17)18(11-19)14-32-25(30)22-20-8-4-5-9-21(20)24(29)28(27-22)12-16-6-2-1-3-7-16/h1-11H,12-15H2. The second-order valence-corrected chi connectivity index (χ2v) is 8.02. The fourth-order valence-corrected chi connectivity index (χ4v) is 4.09. The minimum atomic E-state index is -0.645. The summed E-state index contributed by atoms with van der Waals surface area (Å²) in [6.45, 7) is 0.662. The van der Waals surface area contributed by atoms with Crippen LogP contribution in [0.4, 0.5) is 0 Å². The molecule has 166 valence electrons.